The smallest absolute Gasteiger partial charge is 0.0936 e. The summed E-state index contributed by atoms with van der Waals surface area (Å²) in [5.74, 6) is 2.62. The molecule has 0 spiro atoms. The van der Waals surface area contributed by atoms with Crippen molar-refractivity contribution < 1.29 is 4.74 Å². The lowest BCUT2D eigenvalue weighted by molar-refractivity contribution is 0.262. The van der Waals surface area contributed by atoms with Gasteiger partial charge in [0.2, 0.25) is 0 Å². The van der Waals surface area contributed by atoms with Crippen LogP contribution in [0.5, 0.6) is 0 Å². The Morgan fingerprint density at radius 3 is 2.70 bits per heavy atom. The second-order valence-corrected chi connectivity index (χ2v) is 4.09. The molecule has 0 bridgehead atoms. The van der Waals surface area contributed by atoms with Crippen LogP contribution in [0.3, 0.4) is 0 Å². The number of nitrogens with zero attached hydrogens (tertiary/aromatic N) is 1. The van der Waals surface area contributed by atoms with Crippen LogP contribution in [0.2, 0.25) is 0 Å². The average Bonchev–Trinajstić information content (AvgIpc) is 2.74. The highest BCUT2D eigenvalue weighted by atomic mass is 32.2. The van der Waals surface area contributed by atoms with Gasteiger partial charge in [-0.05, 0) is 0 Å². The van der Waals surface area contributed by atoms with Gasteiger partial charge in [0.05, 0.1) is 12.7 Å². The predicted octanol–water partition coefficient (Wildman–Crippen LogP) is 0.434. The first-order chi connectivity index (χ1) is 4.95. The Morgan fingerprint density at radius 2 is 2.10 bits per heavy atom. The van der Waals surface area contributed by atoms with Crippen molar-refractivity contribution in [2.45, 2.75) is 6.10 Å². The minimum atomic E-state index is 0.586. The highest BCUT2D eigenvalue weighted by Crippen LogP contribution is 2.14. The van der Waals surface area contributed by atoms with Gasteiger partial charge in [0.15, 0.2) is 0 Å². The van der Waals surface area contributed by atoms with Crippen LogP contribution < -0.4 is 0 Å². The third kappa shape index (κ3) is 1.87. The third-order valence-corrected chi connectivity index (χ3v) is 2.91. The van der Waals surface area contributed by atoms with Gasteiger partial charge in [0, 0.05) is 31.1 Å². The van der Waals surface area contributed by atoms with Gasteiger partial charge in [-0.3, -0.25) is 4.90 Å². The highest BCUT2D eigenvalue weighted by Gasteiger charge is 2.25. The average molecular weight is 159 g/mol. The summed E-state index contributed by atoms with van der Waals surface area (Å²) in [6, 6.07) is 0. The first kappa shape index (κ1) is 6.95. The van der Waals surface area contributed by atoms with Crippen molar-refractivity contribution >= 4 is 11.8 Å². The molecule has 1 atom stereocenters. The van der Waals surface area contributed by atoms with Crippen molar-refractivity contribution in [2.24, 2.45) is 0 Å². The van der Waals surface area contributed by atoms with Crippen LogP contribution in [-0.2, 0) is 4.74 Å². The fourth-order valence-electron chi connectivity index (χ4n) is 1.25. The monoisotopic (exact) mass is 159 g/mol. The van der Waals surface area contributed by atoms with Gasteiger partial charge >= 0.3 is 0 Å². The zero-order valence-corrected chi connectivity index (χ0v) is 6.90. The van der Waals surface area contributed by atoms with Crippen molar-refractivity contribution in [3.05, 3.63) is 0 Å². The minimum Gasteiger partial charge on any atom is -0.372 e. The molecular formula is C7H13NOS. The van der Waals surface area contributed by atoms with Crippen molar-refractivity contribution in [1.82, 2.24) is 4.90 Å². The first-order valence-corrected chi connectivity index (χ1v) is 5.02. The number of hydrogen-bond acceptors (Lipinski definition) is 3. The van der Waals surface area contributed by atoms with Crippen molar-refractivity contribution in [1.29, 1.82) is 0 Å². The molecular weight excluding hydrogens is 146 g/mol. The van der Waals surface area contributed by atoms with Gasteiger partial charge in [0.1, 0.15) is 0 Å². The van der Waals surface area contributed by atoms with E-state index in [9.17, 15) is 0 Å². The molecule has 0 amide bonds. The number of rotatable bonds is 2. The van der Waals surface area contributed by atoms with E-state index in [2.05, 4.69) is 16.7 Å². The summed E-state index contributed by atoms with van der Waals surface area (Å²) in [5.41, 5.74) is 0. The largest absolute Gasteiger partial charge is 0.372 e. The van der Waals surface area contributed by atoms with Crippen molar-refractivity contribution in [2.75, 3.05) is 37.7 Å². The van der Waals surface area contributed by atoms with Crippen LogP contribution in [-0.4, -0.2) is 48.8 Å². The van der Waals surface area contributed by atoms with Gasteiger partial charge in [0.25, 0.3) is 0 Å². The predicted molar refractivity (Wildman–Crippen MR) is 43.5 cm³/mol. The second kappa shape index (κ2) is 3.11. The zero-order chi connectivity index (χ0) is 6.81. The summed E-state index contributed by atoms with van der Waals surface area (Å²) in [6.45, 7) is 4.72. The van der Waals surface area contributed by atoms with Crippen molar-refractivity contribution in [3.63, 3.8) is 0 Å². The van der Waals surface area contributed by atoms with Crippen LogP contribution >= 0.6 is 11.8 Å². The third-order valence-electron chi connectivity index (χ3n) is 1.97. The molecule has 0 N–H and O–H groups in total. The molecule has 2 heterocycles. The maximum absolute atomic E-state index is 5.16. The van der Waals surface area contributed by atoms with Gasteiger partial charge in [-0.15, -0.1) is 0 Å². The first-order valence-electron chi connectivity index (χ1n) is 3.87. The van der Waals surface area contributed by atoms with E-state index < -0.39 is 0 Å². The molecule has 0 aromatic carbocycles. The maximum Gasteiger partial charge on any atom is 0.0936 e. The van der Waals surface area contributed by atoms with Gasteiger partial charge in [-0.25, -0.2) is 0 Å². The van der Waals surface area contributed by atoms with Crippen molar-refractivity contribution in [3.8, 4) is 0 Å². The van der Waals surface area contributed by atoms with E-state index in [-0.39, 0.29) is 0 Å². The number of hydrogen-bond donors (Lipinski definition) is 0. The Morgan fingerprint density at radius 1 is 1.40 bits per heavy atom. The topological polar surface area (TPSA) is 15.8 Å². The Labute approximate surface area is 65.9 Å². The number of epoxide rings is 1. The molecule has 0 unspecified atom stereocenters. The van der Waals surface area contributed by atoms with Crippen LogP contribution in [0.25, 0.3) is 0 Å². The van der Waals surface area contributed by atoms with E-state index in [1.54, 1.807) is 0 Å². The van der Waals surface area contributed by atoms with Gasteiger partial charge < -0.3 is 4.74 Å². The molecule has 2 nitrogen and oxygen atoms in total. The standard InChI is InChI=1S/C7H13NOS/c1-3-10-4-2-8(1)5-7-6-9-7/h7H,1-6H2/t7-/m1/s1. The molecule has 0 aromatic rings. The SMILES string of the molecule is C1CN(C[C@@H]2CO2)CCS1. The van der Waals surface area contributed by atoms with E-state index in [0.29, 0.717) is 6.10 Å². The quantitative estimate of drug-likeness (QED) is 0.544. The molecule has 0 aliphatic carbocycles. The van der Waals surface area contributed by atoms with Crippen LogP contribution in [0.1, 0.15) is 0 Å². The molecule has 2 aliphatic heterocycles. The summed E-state index contributed by atoms with van der Waals surface area (Å²) < 4.78 is 5.16. The molecule has 2 rings (SSSR count). The molecule has 0 saturated carbocycles. The molecule has 2 fully saturated rings. The Kier molecular flexibility index (Phi) is 2.16. The van der Waals surface area contributed by atoms with E-state index >= 15 is 0 Å². The van der Waals surface area contributed by atoms with Gasteiger partial charge in [-0.1, -0.05) is 0 Å². The second-order valence-electron chi connectivity index (χ2n) is 2.87. The molecule has 10 heavy (non-hydrogen) atoms. The summed E-state index contributed by atoms with van der Waals surface area (Å²) in [5, 5.41) is 0. The summed E-state index contributed by atoms with van der Waals surface area (Å²) in [4.78, 5) is 2.51. The molecule has 3 heteroatoms. The summed E-state index contributed by atoms with van der Waals surface area (Å²) in [6.07, 6.45) is 0.586. The summed E-state index contributed by atoms with van der Waals surface area (Å²) >= 11 is 2.06. The maximum atomic E-state index is 5.16. The lowest BCUT2D eigenvalue weighted by Gasteiger charge is -2.24. The molecule has 2 saturated heterocycles. The van der Waals surface area contributed by atoms with Crippen LogP contribution in [0.15, 0.2) is 0 Å². The normalized spacial score (nSPS) is 34.2. The zero-order valence-electron chi connectivity index (χ0n) is 6.08. The Bertz CT molecular complexity index is 110. The molecule has 0 radical (unpaired) electrons. The molecule has 0 aromatic heterocycles. The summed E-state index contributed by atoms with van der Waals surface area (Å²) in [7, 11) is 0. The fraction of sp³-hybridized carbons (Fsp3) is 1.00. The molecule has 2 aliphatic rings. The lowest BCUT2D eigenvalue weighted by atomic mass is 10.4. The van der Waals surface area contributed by atoms with E-state index in [1.807, 2.05) is 0 Å². The minimum absolute atomic E-state index is 0.586. The van der Waals surface area contributed by atoms with Crippen LogP contribution in [0.4, 0.5) is 0 Å². The van der Waals surface area contributed by atoms with Gasteiger partial charge in [-0.2, -0.15) is 11.8 Å². The Hall–Kier alpha value is 0.270. The van der Waals surface area contributed by atoms with Crippen LogP contribution in [0, 0.1) is 0 Å². The van der Waals surface area contributed by atoms with E-state index in [4.69, 9.17) is 4.74 Å². The molecule has 58 valence electrons. The van der Waals surface area contributed by atoms with E-state index in [0.717, 1.165) is 6.61 Å². The lowest BCUT2D eigenvalue weighted by Crippen LogP contribution is -2.35. The number of thioether (sulfide) groups is 1. The highest BCUT2D eigenvalue weighted by molar-refractivity contribution is 7.99. The van der Waals surface area contributed by atoms with E-state index in [1.165, 1.54) is 31.1 Å². The Balaban J connectivity index is 1.69. The fourth-order valence-corrected chi connectivity index (χ4v) is 2.22. The number of ether oxygens (including phenoxy) is 1.